The van der Waals surface area contributed by atoms with Crippen LogP contribution in [0.5, 0.6) is 0 Å². The molecule has 0 radical (unpaired) electrons. The van der Waals surface area contributed by atoms with Crippen LogP contribution in [0, 0.1) is 17.0 Å². The zero-order valence-electron chi connectivity index (χ0n) is 24.5. The van der Waals surface area contributed by atoms with Crippen LogP contribution in [0.4, 0.5) is 11.4 Å². The molecule has 1 atom stereocenters. The van der Waals surface area contributed by atoms with Gasteiger partial charge in [0.2, 0.25) is 11.8 Å². The number of hydrogen-bond acceptors (Lipinski definition) is 6. The third-order valence-corrected chi connectivity index (χ3v) is 9.50. The number of hydrogen-bond donors (Lipinski definition) is 1. The predicted octanol–water partition coefficient (Wildman–Crippen LogP) is 5.35. The lowest BCUT2D eigenvalue weighted by atomic mass is 9.95. The van der Waals surface area contributed by atoms with Gasteiger partial charge in [-0.1, -0.05) is 80.3 Å². The van der Waals surface area contributed by atoms with Crippen LogP contribution in [0.2, 0.25) is 0 Å². The molecule has 10 nitrogen and oxygen atoms in total. The number of nitro benzene ring substituents is 1. The Kier molecular flexibility index (Phi) is 10.5. The number of sulfonamides is 1. The summed E-state index contributed by atoms with van der Waals surface area (Å²) in [5.74, 6) is -0.874. The van der Waals surface area contributed by atoms with Crippen LogP contribution in [0.3, 0.4) is 0 Å². The average Bonchev–Trinajstić information content (AvgIpc) is 3.00. The second-order valence-electron chi connectivity index (χ2n) is 10.9. The maximum absolute atomic E-state index is 14.2. The molecule has 1 saturated carbocycles. The predicted molar refractivity (Wildman–Crippen MR) is 165 cm³/mol. The SMILES string of the molecule is CC[C@@H](C(=O)NC1CCCCC1)N(Cc1cccc(C)c1)C(=O)CN(c1cccc([N+](=O)[O-])c1)S(=O)(=O)c1ccccc1. The number of nitrogens with one attached hydrogen (secondary N) is 1. The van der Waals surface area contributed by atoms with Crippen LogP contribution in [-0.4, -0.2) is 48.7 Å². The van der Waals surface area contributed by atoms with E-state index >= 15 is 0 Å². The summed E-state index contributed by atoms with van der Waals surface area (Å²) in [5, 5.41) is 14.7. The molecule has 4 rings (SSSR count). The topological polar surface area (TPSA) is 130 Å². The van der Waals surface area contributed by atoms with Gasteiger partial charge in [-0.3, -0.25) is 24.0 Å². The molecule has 0 aliphatic heterocycles. The molecule has 1 aliphatic carbocycles. The lowest BCUT2D eigenvalue weighted by Crippen LogP contribution is -2.54. The Morgan fingerprint density at radius 1 is 0.977 bits per heavy atom. The molecule has 3 aromatic carbocycles. The van der Waals surface area contributed by atoms with Crippen molar-refractivity contribution >= 4 is 33.2 Å². The van der Waals surface area contributed by atoms with Crippen LogP contribution < -0.4 is 9.62 Å². The number of nitro groups is 1. The summed E-state index contributed by atoms with van der Waals surface area (Å²) in [6.45, 7) is 3.18. The highest BCUT2D eigenvalue weighted by molar-refractivity contribution is 7.92. The Hall–Kier alpha value is -4.25. The summed E-state index contributed by atoms with van der Waals surface area (Å²) in [6, 6.07) is 19.5. The molecule has 11 heteroatoms. The number of non-ortho nitro benzene ring substituents is 1. The normalized spacial score (nSPS) is 14.5. The monoisotopic (exact) mass is 606 g/mol. The van der Waals surface area contributed by atoms with Gasteiger partial charge in [0.1, 0.15) is 12.6 Å². The lowest BCUT2D eigenvalue weighted by molar-refractivity contribution is -0.384. The molecular formula is C32H38N4O6S. The van der Waals surface area contributed by atoms with E-state index < -0.39 is 33.4 Å². The van der Waals surface area contributed by atoms with Gasteiger partial charge in [-0.2, -0.15) is 0 Å². The van der Waals surface area contributed by atoms with Crippen molar-refractivity contribution in [2.24, 2.45) is 0 Å². The van der Waals surface area contributed by atoms with Crippen molar-refractivity contribution in [3.63, 3.8) is 0 Å². The molecule has 2 amide bonds. The second kappa shape index (κ2) is 14.3. The zero-order valence-corrected chi connectivity index (χ0v) is 25.3. The van der Waals surface area contributed by atoms with E-state index in [1.54, 1.807) is 18.2 Å². The van der Waals surface area contributed by atoms with E-state index in [9.17, 15) is 28.1 Å². The van der Waals surface area contributed by atoms with Crippen LogP contribution in [0.15, 0.2) is 83.8 Å². The van der Waals surface area contributed by atoms with Crippen LogP contribution >= 0.6 is 0 Å². The fourth-order valence-electron chi connectivity index (χ4n) is 5.48. The number of rotatable bonds is 12. The Bertz CT molecular complexity index is 1540. The van der Waals surface area contributed by atoms with Gasteiger partial charge >= 0.3 is 0 Å². The standard InChI is InChI=1S/C32H38N4O6S/c1-3-30(32(38)33-26-14-6-4-7-15-26)34(22-25-13-10-12-24(2)20-25)31(37)23-35(27-16-11-17-28(21-27)36(39)40)43(41,42)29-18-8-5-9-19-29/h5,8-13,16-21,26,30H,3-4,6-7,14-15,22-23H2,1-2H3,(H,33,38)/t30-/m0/s1. The molecule has 0 unspecified atom stereocenters. The van der Waals surface area contributed by atoms with Crippen molar-refractivity contribution in [3.8, 4) is 0 Å². The molecule has 1 aliphatic rings. The van der Waals surface area contributed by atoms with Crippen LogP contribution in [0.1, 0.15) is 56.6 Å². The molecule has 0 aromatic heterocycles. The lowest BCUT2D eigenvalue weighted by Gasteiger charge is -2.34. The number of anilines is 1. The maximum Gasteiger partial charge on any atom is 0.271 e. The van der Waals surface area contributed by atoms with Gasteiger partial charge in [-0.05, 0) is 49.9 Å². The molecule has 43 heavy (non-hydrogen) atoms. The third kappa shape index (κ3) is 7.98. The molecule has 3 aromatic rings. The highest BCUT2D eigenvalue weighted by Crippen LogP contribution is 2.28. The summed E-state index contributed by atoms with van der Waals surface area (Å²) >= 11 is 0. The summed E-state index contributed by atoms with van der Waals surface area (Å²) in [4.78, 5) is 40.1. The molecule has 0 bridgehead atoms. The van der Waals surface area contributed by atoms with Gasteiger partial charge in [-0.25, -0.2) is 8.42 Å². The first-order chi connectivity index (χ1) is 20.6. The highest BCUT2D eigenvalue weighted by Gasteiger charge is 2.34. The summed E-state index contributed by atoms with van der Waals surface area (Å²) in [5.41, 5.74) is 1.44. The van der Waals surface area contributed by atoms with Crippen molar-refractivity contribution in [2.45, 2.75) is 75.9 Å². The van der Waals surface area contributed by atoms with Crippen molar-refractivity contribution in [3.05, 3.63) is 100 Å². The van der Waals surface area contributed by atoms with E-state index in [1.165, 1.54) is 35.2 Å². The van der Waals surface area contributed by atoms with E-state index in [4.69, 9.17) is 0 Å². The largest absolute Gasteiger partial charge is 0.352 e. The quantitative estimate of drug-likeness (QED) is 0.218. The number of amides is 2. The average molecular weight is 607 g/mol. The molecular weight excluding hydrogens is 568 g/mol. The highest BCUT2D eigenvalue weighted by atomic mass is 32.2. The first kappa shape index (κ1) is 31.7. The van der Waals surface area contributed by atoms with Gasteiger partial charge in [0.15, 0.2) is 0 Å². The molecule has 1 fully saturated rings. The molecule has 228 valence electrons. The number of carbonyl (C=O) groups is 2. The first-order valence-electron chi connectivity index (χ1n) is 14.6. The Morgan fingerprint density at radius 2 is 1.67 bits per heavy atom. The van der Waals surface area contributed by atoms with Gasteiger partial charge in [0, 0.05) is 24.7 Å². The molecule has 0 spiro atoms. The van der Waals surface area contributed by atoms with Crippen LogP contribution in [-0.2, 0) is 26.2 Å². The fraction of sp³-hybridized carbons (Fsp3) is 0.375. The van der Waals surface area contributed by atoms with Gasteiger partial charge in [0.25, 0.3) is 15.7 Å². The van der Waals surface area contributed by atoms with E-state index in [0.29, 0.717) is 6.42 Å². The maximum atomic E-state index is 14.2. The van der Waals surface area contributed by atoms with E-state index in [0.717, 1.165) is 53.6 Å². The third-order valence-electron chi connectivity index (χ3n) is 7.71. The zero-order chi connectivity index (χ0) is 31.0. The molecule has 0 heterocycles. The minimum Gasteiger partial charge on any atom is -0.352 e. The minimum atomic E-state index is -4.32. The number of benzene rings is 3. The number of nitrogens with zero attached hydrogens (tertiary/aromatic N) is 3. The summed E-state index contributed by atoms with van der Waals surface area (Å²) in [6.07, 6.45) is 5.27. The van der Waals surface area contributed by atoms with Gasteiger partial charge in [0.05, 0.1) is 15.5 Å². The number of carbonyl (C=O) groups excluding carboxylic acids is 2. The summed E-state index contributed by atoms with van der Waals surface area (Å²) < 4.78 is 28.7. The molecule has 0 saturated heterocycles. The number of aryl methyl sites for hydroxylation is 1. The Labute approximate surface area is 252 Å². The Balaban J connectivity index is 1.73. The van der Waals surface area contributed by atoms with E-state index in [1.807, 2.05) is 38.1 Å². The van der Waals surface area contributed by atoms with Crippen molar-refractivity contribution < 1.29 is 22.9 Å². The van der Waals surface area contributed by atoms with Crippen molar-refractivity contribution in [1.29, 1.82) is 0 Å². The first-order valence-corrected chi connectivity index (χ1v) is 16.0. The molecule has 1 N–H and O–H groups in total. The minimum absolute atomic E-state index is 0.0263. The van der Waals surface area contributed by atoms with Crippen LogP contribution in [0.25, 0.3) is 0 Å². The van der Waals surface area contributed by atoms with Crippen molar-refractivity contribution in [2.75, 3.05) is 10.8 Å². The Morgan fingerprint density at radius 3 is 2.33 bits per heavy atom. The fourth-order valence-corrected chi connectivity index (χ4v) is 6.91. The smallest absolute Gasteiger partial charge is 0.271 e. The van der Waals surface area contributed by atoms with E-state index in [-0.39, 0.29) is 34.8 Å². The van der Waals surface area contributed by atoms with Crippen molar-refractivity contribution in [1.82, 2.24) is 10.2 Å². The second-order valence-corrected chi connectivity index (χ2v) is 12.7. The van der Waals surface area contributed by atoms with Gasteiger partial charge in [-0.15, -0.1) is 0 Å². The summed E-state index contributed by atoms with van der Waals surface area (Å²) in [7, 11) is -4.32. The van der Waals surface area contributed by atoms with E-state index in [2.05, 4.69) is 5.32 Å². The van der Waals surface area contributed by atoms with Gasteiger partial charge < -0.3 is 10.2 Å².